The number of ether oxygens (including phenoxy) is 2. The van der Waals surface area contributed by atoms with Crippen LogP contribution in [0.5, 0.6) is 0 Å². The summed E-state index contributed by atoms with van der Waals surface area (Å²) in [5.41, 5.74) is 1.63. The standard InChI is InChI=1S/C27H22ClN3O8S/c28-22-10-9-21(40-22)26(36)29(11-12-38-15-23(32)33)16-5-7-17(8-6-16)30-13-18(39-27(30)37)14-31-24(34)19-3-1-2-4-20(19)25(31)35/h1-10,18H,11-15H2,(H,32,33)/t18-/m1/s1. The van der Waals surface area contributed by atoms with E-state index in [0.29, 0.717) is 31.7 Å². The molecule has 0 bridgehead atoms. The molecule has 0 aliphatic carbocycles. The second-order valence-electron chi connectivity index (χ2n) is 8.91. The van der Waals surface area contributed by atoms with Crippen molar-refractivity contribution in [1.29, 1.82) is 0 Å². The lowest BCUT2D eigenvalue weighted by molar-refractivity contribution is -0.142. The van der Waals surface area contributed by atoms with E-state index in [1.807, 2.05) is 0 Å². The predicted molar refractivity (Wildman–Crippen MR) is 145 cm³/mol. The highest BCUT2D eigenvalue weighted by Crippen LogP contribution is 2.29. The zero-order valence-electron chi connectivity index (χ0n) is 20.8. The van der Waals surface area contributed by atoms with E-state index in [2.05, 4.69) is 0 Å². The number of hydrogen-bond donors (Lipinski definition) is 1. The van der Waals surface area contributed by atoms with Crippen molar-refractivity contribution in [3.8, 4) is 0 Å². The van der Waals surface area contributed by atoms with Gasteiger partial charge in [0.2, 0.25) is 0 Å². The predicted octanol–water partition coefficient (Wildman–Crippen LogP) is 3.77. The Morgan fingerprint density at radius 3 is 2.30 bits per heavy atom. The maximum absolute atomic E-state index is 13.2. The number of fused-ring (bicyclic) bond motifs is 1. The first-order chi connectivity index (χ1) is 19.2. The Morgan fingerprint density at radius 1 is 1.02 bits per heavy atom. The molecule has 1 N–H and O–H groups in total. The maximum atomic E-state index is 13.2. The Hall–Kier alpha value is -4.26. The van der Waals surface area contributed by atoms with Crippen LogP contribution in [-0.2, 0) is 14.3 Å². The Balaban J connectivity index is 1.27. The Morgan fingerprint density at radius 2 is 1.70 bits per heavy atom. The molecule has 40 heavy (non-hydrogen) atoms. The molecule has 2 aliphatic heterocycles. The van der Waals surface area contributed by atoms with E-state index < -0.39 is 36.6 Å². The van der Waals surface area contributed by atoms with Crippen LogP contribution in [0.1, 0.15) is 30.4 Å². The molecule has 1 aromatic heterocycles. The third kappa shape index (κ3) is 5.55. The van der Waals surface area contributed by atoms with E-state index in [1.165, 1.54) is 9.80 Å². The van der Waals surface area contributed by atoms with Crippen LogP contribution in [0, 0.1) is 0 Å². The minimum atomic E-state index is -1.12. The van der Waals surface area contributed by atoms with Gasteiger partial charge in [0.05, 0.1) is 40.0 Å². The fourth-order valence-electron chi connectivity index (χ4n) is 4.47. The average Bonchev–Trinajstić information content (AvgIpc) is 3.61. The highest BCUT2D eigenvalue weighted by atomic mass is 35.5. The summed E-state index contributed by atoms with van der Waals surface area (Å²) in [4.78, 5) is 66.3. The van der Waals surface area contributed by atoms with Gasteiger partial charge in [-0.15, -0.1) is 11.3 Å². The third-order valence-electron chi connectivity index (χ3n) is 6.33. The van der Waals surface area contributed by atoms with Gasteiger partial charge in [0.25, 0.3) is 17.7 Å². The summed E-state index contributed by atoms with van der Waals surface area (Å²) in [6, 6.07) is 16.3. The molecular formula is C27H22ClN3O8S. The van der Waals surface area contributed by atoms with E-state index in [-0.39, 0.29) is 32.1 Å². The largest absolute Gasteiger partial charge is 0.480 e. The van der Waals surface area contributed by atoms with Gasteiger partial charge in [-0.3, -0.25) is 24.2 Å². The van der Waals surface area contributed by atoms with Crippen LogP contribution >= 0.6 is 22.9 Å². The molecule has 3 aromatic rings. The van der Waals surface area contributed by atoms with Gasteiger partial charge in [0, 0.05) is 17.9 Å². The highest BCUT2D eigenvalue weighted by molar-refractivity contribution is 7.18. The van der Waals surface area contributed by atoms with Crippen molar-refractivity contribution in [1.82, 2.24) is 4.90 Å². The van der Waals surface area contributed by atoms with Gasteiger partial charge in [-0.05, 0) is 48.5 Å². The first-order valence-electron chi connectivity index (χ1n) is 12.1. The number of imide groups is 1. The number of benzene rings is 2. The number of carboxylic acids is 1. The number of carbonyl (C=O) groups is 5. The lowest BCUT2D eigenvalue weighted by Gasteiger charge is -2.23. The van der Waals surface area contributed by atoms with Crippen LogP contribution in [0.2, 0.25) is 4.34 Å². The summed E-state index contributed by atoms with van der Waals surface area (Å²) < 4.78 is 11.0. The minimum absolute atomic E-state index is 0.0170. The van der Waals surface area contributed by atoms with Crippen molar-refractivity contribution in [3.05, 3.63) is 81.0 Å². The molecule has 206 valence electrons. The molecule has 3 heterocycles. The van der Waals surface area contributed by atoms with Gasteiger partial charge in [-0.2, -0.15) is 0 Å². The van der Waals surface area contributed by atoms with Crippen LogP contribution in [0.15, 0.2) is 60.7 Å². The van der Waals surface area contributed by atoms with Crippen LogP contribution in [0.3, 0.4) is 0 Å². The number of aliphatic carboxylic acids is 1. The van der Waals surface area contributed by atoms with Crippen molar-refractivity contribution in [2.45, 2.75) is 6.10 Å². The molecule has 11 nitrogen and oxygen atoms in total. The van der Waals surface area contributed by atoms with Gasteiger partial charge < -0.3 is 19.5 Å². The molecule has 2 aromatic carbocycles. The fraction of sp³-hybridized carbons (Fsp3) is 0.222. The SMILES string of the molecule is O=C(O)COCCN(C(=O)c1ccc(Cl)s1)c1ccc(N2C[C@H](CN3C(=O)c4ccccc4C3=O)OC2=O)cc1. The second kappa shape index (κ2) is 11.5. The van der Waals surface area contributed by atoms with Crippen LogP contribution in [0.4, 0.5) is 16.2 Å². The number of cyclic esters (lactones) is 1. The summed E-state index contributed by atoms with van der Waals surface area (Å²) in [7, 11) is 0. The zero-order valence-corrected chi connectivity index (χ0v) is 22.4. The molecule has 1 saturated heterocycles. The molecule has 1 atom stereocenters. The lowest BCUT2D eigenvalue weighted by atomic mass is 10.1. The molecule has 5 rings (SSSR count). The maximum Gasteiger partial charge on any atom is 0.414 e. The van der Waals surface area contributed by atoms with E-state index in [4.69, 9.17) is 26.2 Å². The number of hydrogen-bond acceptors (Lipinski definition) is 8. The van der Waals surface area contributed by atoms with E-state index in [0.717, 1.165) is 16.2 Å². The van der Waals surface area contributed by atoms with Gasteiger partial charge in [0.1, 0.15) is 12.7 Å². The topological polar surface area (TPSA) is 134 Å². The summed E-state index contributed by atoms with van der Waals surface area (Å²) in [5, 5.41) is 8.81. The van der Waals surface area contributed by atoms with E-state index in [9.17, 15) is 24.0 Å². The summed E-state index contributed by atoms with van der Waals surface area (Å²) in [6.07, 6.45) is -1.35. The number of thiophene rings is 1. The van der Waals surface area contributed by atoms with Gasteiger partial charge >= 0.3 is 12.1 Å². The number of carbonyl (C=O) groups excluding carboxylic acids is 4. The van der Waals surface area contributed by atoms with E-state index in [1.54, 1.807) is 60.7 Å². The number of anilines is 2. The normalized spacial score (nSPS) is 16.3. The summed E-state index contributed by atoms with van der Waals surface area (Å²) >= 11 is 7.11. The van der Waals surface area contributed by atoms with Crippen molar-refractivity contribution in [2.24, 2.45) is 0 Å². The van der Waals surface area contributed by atoms with Crippen molar-refractivity contribution in [2.75, 3.05) is 42.6 Å². The van der Waals surface area contributed by atoms with Gasteiger partial charge in [-0.25, -0.2) is 9.59 Å². The van der Waals surface area contributed by atoms with Crippen LogP contribution in [0.25, 0.3) is 0 Å². The minimum Gasteiger partial charge on any atom is -0.480 e. The molecule has 0 spiro atoms. The molecule has 4 amide bonds. The van der Waals surface area contributed by atoms with Gasteiger partial charge in [0.15, 0.2) is 0 Å². The second-order valence-corrected chi connectivity index (χ2v) is 10.6. The first-order valence-corrected chi connectivity index (χ1v) is 13.3. The molecule has 13 heteroatoms. The quantitative estimate of drug-likeness (QED) is 0.282. The summed E-state index contributed by atoms with van der Waals surface area (Å²) in [6.45, 7) is -0.393. The number of halogens is 1. The molecular weight excluding hydrogens is 562 g/mol. The van der Waals surface area contributed by atoms with Crippen molar-refractivity contribution < 1.29 is 38.6 Å². The smallest absolute Gasteiger partial charge is 0.414 e. The molecule has 0 radical (unpaired) electrons. The monoisotopic (exact) mass is 583 g/mol. The Labute approximate surface area is 237 Å². The highest BCUT2D eigenvalue weighted by Gasteiger charge is 2.40. The fourth-order valence-corrected chi connectivity index (χ4v) is 5.47. The van der Waals surface area contributed by atoms with Gasteiger partial charge in [-0.1, -0.05) is 23.7 Å². The summed E-state index contributed by atoms with van der Waals surface area (Å²) in [5.74, 6) is -2.32. The molecule has 0 saturated carbocycles. The zero-order chi connectivity index (χ0) is 28.4. The Kier molecular flexibility index (Phi) is 7.83. The van der Waals surface area contributed by atoms with Crippen molar-refractivity contribution in [3.63, 3.8) is 0 Å². The third-order valence-corrected chi connectivity index (χ3v) is 7.54. The number of amides is 4. The Bertz CT molecular complexity index is 1460. The number of rotatable bonds is 10. The number of carboxylic acid groups (broad SMARTS) is 1. The van der Waals surface area contributed by atoms with Crippen molar-refractivity contribution >= 4 is 64.1 Å². The van der Waals surface area contributed by atoms with Crippen LogP contribution < -0.4 is 9.80 Å². The van der Waals surface area contributed by atoms with E-state index >= 15 is 0 Å². The molecule has 1 fully saturated rings. The average molecular weight is 584 g/mol. The first kappa shape index (κ1) is 27.3. The molecule has 2 aliphatic rings. The lowest BCUT2D eigenvalue weighted by Crippen LogP contribution is -2.38. The van der Waals surface area contributed by atoms with Crippen LogP contribution in [-0.4, -0.2) is 78.7 Å². The number of nitrogens with zero attached hydrogens (tertiary/aromatic N) is 3. The molecule has 0 unspecified atom stereocenters.